The monoisotopic (exact) mass is 215 g/mol. The van der Waals surface area contributed by atoms with Crippen LogP contribution in [0.25, 0.3) is 0 Å². The molecule has 1 unspecified atom stereocenters. The fraction of sp³-hybridized carbons (Fsp3) is 1.00. The molecule has 1 atom stereocenters. The first-order valence-corrected chi connectivity index (χ1v) is 6.12. The highest BCUT2D eigenvalue weighted by Gasteiger charge is 2.26. The van der Waals surface area contributed by atoms with Crippen LogP contribution in [0.15, 0.2) is 0 Å². The summed E-state index contributed by atoms with van der Waals surface area (Å²) in [6.45, 7) is 8.58. The van der Waals surface area contributed by atoms with E-state index >= 15 is 0 Å². The third-order valence-corrected chi connectivity index (χ3v) is 3.17. The van der Waals surface area contributed by atoms with E-state index in [4.69, 9.17) is 5.73 Å². The van der Waals surface area contributed by atoms with Gasteiger partial charge >= 0.3 is 0 Å². The molecule has 0 saturated carbocycles. The van der Waals surface area contributed by atoms with Gasteiger partial charge in [0.05, 0.1) is 0 Å². The lowest BCUT2D eigenvalue weighted by atomic mass is 9.88. The Morgan fingerprint density at radius 2 is 1.80 bits per heavy atom. The molecule has 3 heteroatoms. The first-order chi connectivity index (χ1) is 6.99. The van der Waals surface area contributed by atoms with Crippen LogP contribution >= 0.6 is 0 Å². The lowest BCUT2D eigenvalue weighted by Gasteiger charge is -2.36. The molecule has 0 saturated heterocycles. The molecule has 3 nitrogen and oxygen atoms in total. The molecule has 0 amide bonds. The van der Waals surface area contributed by atoms with Gasteiger partial charge in [0.2, 0.25) is 0 Å². The summed E-state index contributed by atoms with van der Waals surface area (Å²) in [6.07, 6.45) is 3.37. The summed E-state index contributed by atoms with van der Waals surface area (Å²) in [7, 11) is 4.22. The van der Waals surface area contributed by atoms with E-state index in [1.807, 2.05) is 0 Å². The van der Waals surface area contributed by atoms with E-state index in [0.717, 1.165) is 32.4 Å². The van der Waals surface area contributed by atoms with Gasteiger partial charge in [-0.2, -0.15) is 0 Å². The topological polar surface area (TPSA) is 41.3 Å². The molecule has 15 heavy (non-hydrogen) atoms. The lowest BCUT2D eigenvalue weighted by Crippen LogP contribution is -2.52. The van der Waals surface area contributed by atoms with E-state index in [-0.39, 0.29) is 5.54 Å². The molecule has 0 bridgehead atoms. The molecule has 0 aromatic rings. The van der Waals surface area contributed by atoms with Gasteiger partial charge in [0.25, 0.3) is 0 Å². The van der Waals surface area contributed by atoms with Gasteiger partial charge in [-0.25, -0.2) is 0 Å². The molecule has 0 heterocycles. The summed E-state index contributed by atoms with van der Waals surface area (Å²) in [6, 6.07) is 0.520. The zero-order valence-corrected chi connectivity index (χ0v) is 11.1. The summed E-state index contributed by atoms with van der Waals surface area (Å²) in [5.41, 5.74) is 5.93. The van der Waals surface area contributed by atoms with Crippen molar-refractivity contribution in [1.82, 2.24) is 10.2 Å². The average Bonchev–Trinajstić information content (AvgIpc) is 2.15. The highest BCUT2D eigenvalue weighted by molar-refractivity contribution is 4.88. The van der Waals surface area contributed by atoms with Crippen molar-refractivity contribution < 1.29 is 0 Å². The number of nitrogens with one attached hydrogen (secondary N) is 1. The van der Waals surface area contributed by atoms with Crippen molar-refractivity contribution in [3.8, 4) is 0 Å². The Kier molecular flexibility index (Phi) is 7.14. The Hall–Kier alpha value is -0.120. The minimum Gasteiger partial charge on any atom is -0.330 e. The zero-order chi connectivity index (χ0) is 11.9. The van der Waals surface area contributed by atoms with Crippen LogP contribution < -0.4 is 11.1 Å². The van der Waals surface area contributed by atoms with Crippen molar-refractivity contribution in [2.45, 2.75) is 51.6 Å². The van der Waals surface area contributed by atoms with E-state index in [1.54, 1.807) is 0 Å². The molecule has 0 radical (unpaired) electrons. The zero-order valence-electron chi connectivity index (χ0n) is 11.1. The number of likely N-dealkylation sites (N-methyl/N-ethyl adjacent to an activating group) is 1. The van der Waals surface area contributed by atoms with Crippen LogP contribution in [-0.2, 0) is 0 Å². The number of hydrogen-bond donors (Lipinski definition) is 2. The smallest absolute Gasteiger partial charge is 0.0191 e. The maximum absolute atomic E-state index is 5.69. The largest absolute Gasteiger partial charge is 0.330 e. The molecule has 92 valence electrons. The number of hydrogen-bond acceptors (Lipinski definition) is 3. The van der Waals surface area contributed by atoms with Crippen LogP contribution in [0.2, 0.25) is 0 Å². The highest BCUT2D eigenvalue weighted by atomic mass is 15.1. The van der Waals surface area contributed by atoms with Crippen LogP contribution in [0.5, 0.6) is 0 Å². The average molecular weight is 215 g/mol. The van der Waals surface area contributed by atoms with Crippen LogP contribution in [-0.4, -0.2) is 43.7 Å². The van der Waals surface area contributed by atoms with E-state index in [2.05, 4.69) is 45.1 Å². The summed E-state index contributed by atoms with van der Waals surface area (Å²) in [4.78, 5) is 2.22. The molecule has 0 aliphatic heterocycles. The normalized spacial score (nSPS) is 14.6. The van der Waals surface area contributed by atoms with Gasteiger partial charge in [-0.05, 0) is 46.8 Å². The van der Waals surface area contributed by atoms with Gasteiger partial charge in [0.15, 0.2) is 0 Å². The van der Waals surface area contributed by atoms with Crippen molar-refractivity contribution in [2.75, 3.05) is 27.2 Å². The maximum Gasteiger partial charge on any atom is 0.0191 e. The van der Waals surface area contributed by atoms with Gasteiger partial charge in [0, 0.05) is 18.1 Å². The Bertz CT molecular complexity index is 153. The van der Waals surface area contributed by atoms with Crippen molar-refractivity contribution in [2.24, 2.45) is 5.73 Å². The van der Waals surface area contributed by atoms with Crippen molar-refractivity contribution in [3.63, 3.8) is 0 Å². The van der Waals surface area contributed by atoms with Gasteiger partial charge in [0.1, 0.15) is 0 Å². The van der Waals surface area contributed by atoms with Gasteiger partial charge < -0.3 is 16.0 Å². The van der Waals surface area contributed by atoms with E-state index in [0.29, 0.717) is 6.04 Å². The third-order valence-electron chi connectivity index (χ3n) is 3.17. The maximum atomic E-state index is 5.69. The predicted molar refractivity (Wildman–Crippen MR) is 68.1 cm³/mol. The van der Waals surface area contributed by atoms with Gasteiger partial charge in [-0.15, -0.1) is 0 Å². The first-order valence-electron chi connectivity index (χ1n) is 6.12. The second-order valence-corrected chi connectivity index (χ2v) is 4.83. The molecule has 0 aromatic carbocycles. The summed E-state index contributed by atoms with van der Waals surface area (Å²) < 4.78 is 0. The Morgan fingerprint density at radius 3 is 2.13 bits per heavy atom. The highest BCUT2D eigenvalue weighted by Crippen LogP contribution is 2.19. The molecular weight excluding hydrogens is 186 g/mol. The number of rotatable bonds is 8. The first kappa shape index (κ1) is 14.9. The minimum absolute atomic E-state index is 0.240. The van der Waals surface area contributed by atoms with Crippen molar-refractivity contribution >= 4 is 0 Å². The summed E-state index contributed by atoms with van der Waals surface area (Å²) in [5, 5.41) is 3.74. The molecule has 0 aliphatic rings. The van der Waals surface area contributed by atoms with Crippen LogP contribution in [0.3, 0.4) is 0 Å². The molecule has 0 aromatic heterocycles. The second kappa shape index (κ2) is 7.20. The van der Waals surface area contributed by atoms with Crippen LogP contribution in [0.1, 0.15) is 40.0 Å². The number of nitrogens with zero attached hydrogens (tertiary/aromatic N) is 1. The Labute approximate surface area is 95.4 Å². The lowest BCUT2D eigenvalue weighted by molar-refractivity contribution is 0.230. The molecule has 0 aliphatic carbocycles. The minimum atomic E-state index is 0.240. The fourth-order valence-corrected chi connectivity index (χ4v) is 2.27. The van der Waals surface area contributed by atoms with Crippen molar-refractivity contribution in [1.29, 1.82) is 0 Å². The molecular formula is C12H29N3. The van der Waals surface area contributed by atoms with Crippen LogP contribution in [0.4, 0.5) is 0 Å². The molecule has 0 spiro atoms. The molecule has 0 rings (SSSR count). The van der Waals surface area contributed by atoms with Gasteiger partial charge in [-0.3, -0.25) is 0 Å². The second-order valence-electron chi connectivity index (χ2n) is 4.83. The summed E-state index contributed by atoms with van der Waals surface area (Å²) in [5.74, 6) is 0. The molecule has 0 fully saturated rings. The predicted octanol–water partition coefficient (Wildman–Crippen LogP) is 1.43. The fourth-order valence-electron chi connectivity index (χ4n) is 2.27. The standard InChI is InChI=1S/C12H29N3/c1-6-12(7-2,8-9-13)14-11(3)10-15(4)5/h11,14H,6-10,13H2,1-5H3. The summed E-state index contributed by atoms with van der Waals surface area (Å²) >= 11 is 0. The Balaban J connectivity index is 4.25. The number of nitrogens with two attached hydrogens (primary N) is 1. The van der Waals surface area contributed by atoms with E-state index < -0.39 is 0 Å². The third kappa shape index (κ3) is 5.50. The SMILES string of the molecule is CCC(CC)(CCN)NC(C)CN(C)C. The van der Waals surface area contributed by atoms with Gasteiger partial charge in [-0.1, -0.05) is 13.8 Å². The Morgan fingerprint density at radius 1 is 1.27 bits per heavy atom. The quantitative estimate of drug-likeness (QED) is 0.644. The van der Waals surface area contributed by atoms with Crippen molar-refractivity contribution in [3.05, 3.63) is 0 Å². The van der Waals surface area contributed by atoms with E-state index in [9.17, 15) is 0 Å². The van der Waals surface area contributed by atoms with E-state index in [1.165, 1.54) is 0 Å². The molecule has 3 N–H and O–H groups in total. The van der Waals surface area contributed by atoms with Crippen LogP contribution in [0, 0.1) is 0 Å².